The standard InChI is InChI=1S/C24H29N3O3S/c1-3-16-30-21-11-7-5-9-19(21)22(28)26-24(31)25-20-10-6-4-8-18(20)23(29)27-14-12-17(2)13-15-27/h4-11,17H,3,12-16H2,1-2H3,(H2,25,26,28,31). The van der Waals surface area contributed by atoms with Crippen LogP contribution in [0.2, 0.25) is 0 Å². The van der Waals surface area contributed by atoms with Crippen LogP contribution < -0.4 is 15.4 Å². The number of para-hydroxylation sites is 2. The lowest BCUT2D eigenvalue weighted by Crippen LogP contribution is -2.39. The molecule has 0 atom stereocenters. The number of nitrogens with one attached hydrogen (secondary N) is 2. The number of piperidine rings is 1. The molecular weight excluding hydrogens is 410 g/mol. The second kappa shape index (κ2) is 10.9. The van der Waals surface area contributed by atoms with Crippen molar-refractivity contribution in [2.24, 2.45) is 5.92 Å². The summed E-state index contributed by atoms with van der Waals surface area (Å²) >= 11 is 5.35. The van der Waals surface area contributed by atoms with Crippen LogP contribution in [0.3, 0.4) is 0 Å². The molecule has 1 fully saturated rings. The molecule has 7 heteroatoms. The number of ether oxygens (including phenoxy) is 1. The Balaban J connectivity index is 1.68. The van der Waals surface area contributed by atoms with E-state index in [1.807, 2.05) is 30.0 Å². The van der Waals surface area contributed by atoms with Crippen LogP contribution in [0.1, 0.15) is 53.8 Å². The zero-order chi connectivity index (χ0) is 22.2. The first kappa shape index (κ1) is 22.7. The molecular formula is C24H29N3O3S. The fraction of sp³-hybridized carbons (Fsp3) is 0.375. The lowest BCUT2D eigenvalue weighted by Gasteiger charge is -2.31. The van der Waals surface area contributed by atoms with Gasteiger partial charge in [-0.1, -0.05) is 38.1 Å². The number of likely N-dealkylation sites (tertiary alicyclic amines) is 1. The van der Waals surface area contributed by atoms with Crippen LogP contribution in [0, 0.1) is 5.92 Å². The van der Waals surface area contributed by atoms with Crippen LogP contribution in [-0.4, -0.2) is 41.5 Å². The Bertz CT molecular complexity index is 939. The number of nitrogens with zero attached hydrogens (tertiary/aromatic N) is 1. The zero-order valence-electron chi connectivity index (χ0n) is 18.0. The topological polar surface area (TPSA) is 70.7 Å². The number of rotatable bonds is 6. The molecule has 164 valence electrons. The summed E-state index contributed by atoms with van der Waals surface area (Å²) in [5.41, 5.74) is 1.53. The van der Waals surface area contributed by atoms with Crippen molar-refractivity contribution in [1.82, 2.24) is 10.2 Å². The number of carbonyl (C=O) groups is 2. The third kappa shape index (κ3) is 6.04. The third-order valence-electron chi connectivity index (χ3n) is 5.30. The zero-order valence-corrected chi connectivity index (χ0v) is 18.8. The van der Waals surface area contributed by atoms with Crippen molar-refractivity contribution < 1.29 is 14.3 Å². The molecule has 1 aliphatic rings. The van der Waals surface area contributed by atoms with Crippen molar-refractivity contribution in [3.05, 3.63) is 59.7 Å². The maximum atomic E-state index is 13.0. The van der Waals surface area contributed by atoms with Gasteiger partial charge in [-0.3, -0.25) is 14.9 Å². The van der Waals surface area contributed by atoms with Crippen LogP contribution in [0.15, 0.2) is 48.5 Å². The van der Waals surface area contributed by atoms with Gasteiger partial charge < -0.3 is 15.0 Å². The Labute approximate surface area is 189 Å². The van der Waals surface area contributed by atoms with E-state index in [0.717, 1.165) is 32.4 Å². The van der Waals surface area contributed by atoms with Gasteiger partial charge in [0.15, 0.2) is 5.11 Å². The van der Waals surface area contributed by atoms with Crippen LogP contribution in [0.25, 0.3) is 0 Å². The maximum absolute atomic E-state index is 13.0. The van der Waals surface area contributed by atoms with Gasteiger partial charge in [-0.05, 0) is 61.7 Å². The first-order chi connectivity index (χ1) is 15.0. The summed E-state index contributed by atoms with van der Waals surface area (Å²) in [6.45, 7) is 6.25. The number of carbonyl (C=O) groups excluding carboxylic acids is 2. The third-order valence-corrected chi connectivity index (χ3v) is 5.50. The second-order valence-electron chi connectivity index (χ2n) is 7.77. The summed E-state index contributed by atoms with van der Waals surface area (Å²) in [5, 5.41) is 5.83. The predicted molar refractivity (Wildman–Crippen MR) is 127 cm³/mol. The molecule has 1 saturated heterocycles. The second-order valence-corrected chi connectivity index (χ2v) is 8.18. The number of hydrogen-bond acceptors (Lipinski definition) is 4. The summed E-state index contributed by atoms with van der Waals surface area (Å²) < 4.78 is 5.66. The van der Waals surface area contributed by atoms with Gasteiger partial charge in [0.1, 0.15) is 5.75 Å². The number of amides is 2. The van der Waals surface area contributed by atoms with Crippen molar-refractivity contribution in [2.45, 2.75) is 33.1 Å². The first-order valence-corrected chi connectivity index (χ1v) is 11.1. The van der Waals surface area contributed by atoms with Crippen molar-refractivity contribution in [3.63, 3.8) is 0 Å². The molecule has 0 saturated carbocycles. The Morgan fingerprint density at radius 1 is 1.06 bits per heavy atom. The molecule has 2 aromatic rings. The lowest BCUT2D eigenvalue weighted by atomic mass is 9.98. The summed E-state index contributed by atoms with van der Waals surface area (Å²) in [6, 6.07) is 14.3. The van der Waals surface area contributed by atoms with Crippen molar-refractivity contribution in [1.29, 1.82) is 0 Å². The van der Waals surface area contributed by atoms with E-state index in [2.05, 4.69) is 17.6 Å². The van der Waals surface area contributed by atoms with E-state index >= 15 is 0 Å². The largest absolute Gasteiger partial charge is 0.493 e. The summed E-state index contributed by atoms with van der Waals surface area (Å²) in [7, 11) is 0. The maximum Gasteiger partial charge on any atom is 0.261 e. The van der Waals surface area contributed by atoms with Gasteiger partial charge in [-0.15, -0.1) is 0 Å². The minimum absolute atomic E-state index is 0.0255. The highest BCUT2D eigenvalue weighted by molar-refractivity contribution is 7.80. The van der Waals surface area contributed by atoms with Gasteiger partial charge in [0.05, 0.1) is 23.4 Å². The van der Waals surface area contributed by atoms with Gasteiger partial charge in [-0.25, -0.2) is 0 Å². The average molecular weight is 440 g/mol. The molecule has 0 radical (unpaired) electrons. The number of thiocarbonyl (C=S) groups is 1. The van der Waals surface area contributed by atoms with E-state index in [1.165, 1.54) is 0 Å². The van der Waals surface area contributed by atoms with Crippen molar-refractivity contribution in [3.8, 4) is 5.75 Å². The molecule has 0 aromatic heterocycles. The molecule has 0 spiro atoms. The normalized spacial score (nSPS) is 14.1. The van der Waals surface area contributed by atoms with Crippen molar-refractivity contribution in [2.75, 3.05) is 25.0 Å². The van der Waals surface area contributed by atoms with Crippen LogP contribution in [0.4, 0.5) is 5.69 Å². The van der Waals surface area contributed by atoms with Gasteiger partial charge >= 0.3 is 0 Å². The smallest absolute Gasteiger partial charge is 0.261 e. The lowest BCUT2D eigenvalue weighted by molar-refractivity contribution is 0.0698. The van der Waals surface area contributed by atoms with Gasteiger partial charge in [0, 0.05) is 13.1 Å². The quantitative estimate of drug-likeness (QED) is 0.650. The number of benzene rings is 2. The summed E-state index contributed by atoms with van der Waals surface area (Å²) in [4.78, 5) is 27.6. The minimum atomic E-state index is -0.363. The monoisotopic (exact) mass is 439 g/mol. The highest BCUT2D eigenvalue weighted by atomic mass is 32.1. The first-order valence-electron chi connectivity index (χ1n) is 10.7. The molecule has 0 unspecified atom stereocenters. The molecule has 31 heavy (non-hydrogen) atoms. The fourth-order valence-electron chi connectivity index (χ4n) is 3.48. The highest BCUT2D eigenvalue weighted by Crippen LogP contribution is 2.22. The van der Waals surface area contributed by atoms with E-state index in [4.69, 9.17) is 17.0 Å². The molecule has 2 N–H and O–H groups in total. The Morgan fingerprint density at radius 2 is 1.71 bits per heavy atom. The van der Waals surface area contributed by atoms with E-state index in [9.17, 15) is 9.59 Å². The fourth-order valence-corrected chi connectivity index (χ4v) is 3.68. The Hall–Kier alpha value is -2.93. The number of anilines is 1. The SMILES string of the molecule is CCCOc1ccccc1C(=O)NC(=S)Nc1ccccc1C(=O)N1CCC(C)CC1. The average Bonchev–Trinajstić information content (AvgIpc) is 2.78. The molecule has 1 heterocycles. The Morgan fingerprint density at radius 3 is 2.42 bits per heavy atom. The molecule has 0 aliphatic carbocycles. The summed E-state index contributed by atoms with van der Waals surface area (Å²) in [5.74, 6) is 0.768. The van der Waals surface area contributed by atoms with E-state index in [-0.39, 0.29) is 16.9 Å². The molecule has 0 bridgehead atoms. The highest BCUT2D eigenvalue weighted by Gasteiger charge is 2.23. The summed E-state index contributed by atoms with van der Waals surface area (Å²) in [6.07, 6.45) is 2.86. The molecule has 3 rings (SSSR count). The van der Waals surface area contributed by atoms with Gasteiger partial charge in [0.2, 0.25) is 0 Å². The molecule has 2 amide bonds. The van der Waals surface area contributed by atoms with E-state index in [1.54, 1.807) is 30.3 Å². The Kier molecular flexibility index (Phi) is 8.00. The van der Waals surface area contributed by atoms with Gasteiger partial charge in [0.25, 0.3) is 11.8 Å². The molecule has 1 aliphatic heterocycles. The predicted octanol–water partition coefficient (Wildman–Crippen LogP) is 4.47. The van der Waals surface area contributed by atoms with E-state index in [0.29, 0.717) is 35.1 Å². The van der Waals surface area contributed by atoms with Crippen LogP contribution in [0.5, 0.6) is 5.75 Å². The number of hydrogen-bond donors (Lipinski definition) is 2. The van der Waals surface area contributed by atoms with Crippen LogP contribution >= 0.6 is 12.2 Å². The minimum Gasteiger partial charge on any atom is -0.493 e. The van der Waals surface area contributed by atoms with Crippen molar-refractivity contribution >= 4 is 34.8 Å². The van der Waals surface area contributed by atoms with Crippen LogP contribution in [-0.2, 0) is 0 Å². The van der Waals surface area contributed by atoms with Gasteiger partial charge in [-0.2, -0.15) is 0 Å². The van der Waals surface area contributed by atoms with E-state index < -0.39 is 0 Å². The molecule has 2 aromatic carbocycles. The molecule has 6 nitrogen and oxygen atoms in total.